The number of ether oxygens (including phenoxy) is 1. The number of aromatic nitrogens is 2. The van der Waals surface area contributed by atoms with Crippen LogP contribution in [0.15, 0.2) is 54.6 Å². The summed E-state index contributed by atoms with van der Waals surface area (Å²) in [6, 6.07) is 17.5. The van der Waals surface area contributed by atoms with Crippen LogP contribution in [0.1, 0.15) is 11.4 Å². The van der Waals surface area contributed by atoms with Gasteiger partial charge >= 0.3 is 0 Å². The van der Waals surface area contributed by atoms with Crippen LogP contribution in [-0.2, 0) is 6.42 Å². The van der Waals surface area contributed by atoms with Crippen molar-refractivity contribution in [2.45, 2.75) is 13.3 Å². The van der Waals surface area contributed by atoms with E-state index in [1.54, 1.807) is 7.11 Å². The third-order valence-electron chi connectivity index (χ3n) is 3.81. The number of methoxy groups -OCH3 is 1. The molecule has 0 atom stereocenters. The summed E-state index contributed by atoms with van der Waals surface area (Å²) < 4.78 is 5.17. The molecule has 0 aliphatic heterocycles. The number of nitrogens with zero attached hydrogens (tertiary/aromatic N) is 2. The minimum Gasteiger partial charge on any atom is -0.497 e. The highest BCUT2D eigenvalue weighted by molar-refractivity contribution is 6.30. The van der Waals surface area contributed by atoms with Gasteiger partial charge < -0.3 is 15.4 Å². The molecule has 0 saturated carbocycles. The third kappa shape index (κ3) is 5.10. The molecule has 0 amide bonds. The molecule has 0 unspecified atom stereocenters. The van der Waals surface area contributed by atoms with Gasteiger partial charge in [0, 0.05) is 23.3 Å². The highest BCUT2D eigenvalue weighted by Crippen LogP contribution is 2.20. The number of benzene rings is 2. The molecule has 3 aromatic rings. The summed E-state index contributed by atoms with van der Waals surface area (Å²) in [5.41, 5.74) is 2.13. The van der Waals surface area contributed by atoms with E-state index in [2.05, 4.69) is 26.7 Å². The first-order valence-corrected chi connectivity index (χ1v) is 8.75. The first-order valence-electron chi connectivity index (χ1n) is 8.37. The molecule has 0 aliphatic rings. The second-order valence-corrected chi connectivity index (χ2v) is 6.28. The zero-order valence-electron chi connectivity index (χ0n) is 14.8. The third-order valence-corrected chi connectivity index (χ3v) is 4.04. The van der Waals surface area contributed by atoms with E-state index in [1.807, 2.05) is 55.5 Å². The van der Waals surface area contributed by atoms with E-state index in [0.29, 0.717) is 5.82 Å². The number of anilines is 3. The lowest BCUT2D eigenvalue weighted by Gasteiger charge is -2.11. The Hall–Kier alpha value is -2.79. The summed E-state index contributed by atoms with van der Waals surface area (Å²) in [7, 11) is 1.65. The molecule has 0 fully saturated rings. The zero-order chi connectivity index (χ0) is 18.4. The number of halogens is 1. The van der Waals surface area contributed by atoms with Crippen molar-refractivity contribution in [1.82, 2.24) is 9.97 Å². The van der Waals surface area contributed by atoms with E-state index in [0.717, 1.165) is 41.1 Å². The molecule has 26 heavy (non-hydrogen) atoms. The van der Waals surface area contributed by atoms with E-state index in [1.165, 1.54) is 5.56 Å². The van der Waals surface area contributed by atoms with Crippen molar-refractivity contribution in [2.75, 3.05) is 24.3 Å². The van der Waals surface area contributed by atoms with Crippen LogP contribution in [0.4, 0.5) is 17.3 Å². The Balaban J connectivity index is 1.63. The van der Waals surface area contributed by atoms with Crippen LogP contribution in [0.5, 0.6) is 5.75 Å². The maximum atomic E-state index is 6.02. The van der Waals surface area contributed by atoms with Crippen LogP contribution < -0.4 is 15.4 Å². The topological polar surface area (TPSA) is 59.1 Å². The van der Waals surface area contributed by atoms with Crippen molar-refractivity contribution in [3.05, 3.63) is 71.0 Å². The molecule has 6 heteroatoms. The summed E-state index contributed by atoms with van der Waals surface area (Å²) in [5, 5.41) is 7.39. The Morgan fingerprint density at radius 2 is 1.77 bits per heavy atom. The molecule has 0 spiro atoms. The molecule has 1 heterocycles. The van der Waals surface area contributed by atoms with Gasteiger partial charge in [0.15, 0.2) is 0 Å². The molecule has 0 bridgehead atoms. The Bertz CT molecular complexity index is 868. The quantitative estimate of drug-likeness (QED) is 0.624. The lowest BCUT2D eigenvalue weighted by atomic mass is 10.1. The zero-order valence-corrected chi connectivity index (χ0v) is 15.5. The van der Waals surface area contributed by atoms with E-state index in [-0.39, 0.29) is 0 Å². The lowest BCUT2D eigenvalue weighted by molar-refractivity contribution is 0.415. The van der Waals surface area contributed by atoms with Gasteiger partial charge in [0.1, 0.15) is 23.2 Å². The summed E-state index contributed by atoms with van der Waals surface area (Å²) in [4.78, 5) is 8.88. The molecule has 0 saturated heterocycles. The van der Waals surface area contributed by atoms with Gasteiger partial charge in [-0.2, -0.15) is 0 Å². The summed E-state index contributed by atoms with van der Waals surface area (Å²) in [6.45, 7) is 2.64. The smallest absolute Gasteiger partial charge is 0.136 e. The van der Waals surface area contributed by atoms with E-state index in [4.69, 9.17) is 16.3 Å². The van der Waals surface area contributed by atoms with E-state index >= 15 is 0 Å². The van der Waals surface area contributed by atoms with Gasteiger partial charge in [-0.3, -0.25) is 0 Å². The Kier molecular flexibility index (Phi) is 5.92. The number of nitrogens with one attached hydrogen (secondary N) is 2. The van der Waals surface area contributed by atoms with Crippen LogP contribution >= 0.6 is 11.6 Å². The van der Waals surface area contributed by atoms with Crippen molar-refractivity contribution >= 4 is 28.9 Å². The van der Waals surface area contributed by atoms with Crippen molar-refractivity contribution < 1.29 is 4.74 Å². The van der Waals surface area contributed by atoms with Crippen LogP contribution in [0.3, 0.4) is 0 Å². The summed E-state index contributed by atoms with van der Waals surface area (Å²) in [5.74, 6) is 3.05. The van der Waals surface area contributed by atoms with Crippen LogP contribution in [0.2, 0.25) is 5.02 Å². The standard InChI is InChI=1S/C20H21ClN4O/c1-14-23-19(22-11-10-15-4-3-5-16(21)12-15)13-20(24-14)25-17-6-8-18(26-2)9-7-17/h3-9,12-13H,10-11H2,1-2H3,(H2,22,23,24,25). The number of aryl methyl sites for hydroxylation is 1. The predicted molar refractivity (Wildman–Crippen MR) is 107 cm³/mol. The summed E-state index contributed by atoms with van der Waals surface area (Å²) >= 11 is 6.02. The lowest BCUT2D eigenvalue weighted by Crippen LogP contribution is -2.08. The van der Waals surface area contributed by atoms with Gasteiger partial charge in [-0.05, 0) is 55.3 Å². The normalized spacial score (nSPS) is 10.4. The molecule has 3 rings (SSSR count). The van der Waals surface area contributed by atoms with Crippen LogP contribution in [-0.4, -0.2) is 23.6 Å². The molecular formula is C20H21ClN4O. The van der Waals surface area contributed by atoms with Crippen molar-refractivity contribution in [2.24, 2.45) is 0 Å². The van der Waals surface area contributed by atoms with Crippen LogP contribution in [0, 0.1) is 6.92 Å². The molecule has 5 nitrogen and oxygen atoms in total. The fraction of sp³-hybridized carbons (Fsp3) is 0.200. The van der Waals surface area contributed by atoms with Crippen molar-refractivity contribution in [3.8, 4) is 5.75 Å². The maximum absolute atomic E-state index is 6.02. The highest BCUT2D eigenvalue weighted by Gasteiger charge is 2.03. The molecule has 2 aromatic carbocycles. The minimum absolute atomic E-state index is 0.703. The Morgan fingerprint density at radius 3 is 2.50 bits per heavy atom. The van der Waals surface area contributed by atoms with Gasteiger partial charge in [-0.25, -0.2) is 9.97 Å². The highest BCUT2D eigenvalue weighted by atomic mass is 35.5. The molecule has 1 aromatic heterocycles. The minimum atomic E-state index is 0.703. The largest absolute Gasteiger partial charge is 0.497 e. The van der Waals surface area contributed by atoms with Gasteiger partial charge in [0.05, 0.1) is 7.11 Å². The van der Waals surface area contributed by atoms with E-state index in [9.17, 15) is 0 Å². The number of hydrogen-bond acceptors (Lipinski definition) is 5. The van der Waals surface area contributed by atoms with Gasteiger partial charge in [-0.15, -0.1) is 0 Å². The molecule has 0 radical (unpaired) electrons. The fourth-order valence-electron chi connectivity index (χ4n) is 2.57. The van der Waals surface area contributed by atoms with Gasteiger partial charge in [0.2, 0.25) is 0 Å². The molecular weight excluding hydrogens is 348 g/mol. The Labute approximate surface area is 158 Å². The molecule has 2 N–H and O–H groups in total. The monoisotopic (exact) mass is 368 g/mol. The average molecular weight is 369 g/mol. The Morgan fingerprint density at radius 1 is 1.00 bits per heavy atom. The van der Waals surface area contributed by atoms with Gasteiger partial charge in [-0.1, -0.05) is 23.7 Å². The number of hydrogen-bond donors (Lipinski definition) is 2. The number of rotatable bonds is 7. The second-order valence-electron chi connectivity index (χ2n) is 5.85. The molecule has 134 valence electrons. The average Bonchev–Trinajstić information content (AvgIpc) is 2.62. The fourth-order valence-corrected chi connectivity index (χ4v) is 2.78. The first-order chi connectivity index (χ1) is 12.6. The van der Waals surface area contributed by atoms with Crippen molar-refractivity contribution in [3.63, 3.8) is 0 Å². The SMILES string of the molecule is COc1ccc(Nc2cc(NCCc3cccc(Cl)c3)nc(C)n2)cc1. The molecule has 0 aliphatic carbocycles. The van der Waals surface area contributed by atoms with Crippen LogP contribution in [0.25, 0.3) is 0 Å². The van der Waals surface area contributed by atoms with E-state index < -0.39 is 0 Å². The summed E-state index contributed by atoms with van der Waals surface area (Å²) in [6.07, 6.45) is 0.866. The first kappa shape index (κ1) is 18.0. The predicted octanol–water partition coefficient (Wildman–Crippen LogP) is 4.85. The van der Waals surface area contributed by atoms with Crippen molar-refractivity contribution in [1.29, 1.82) is 0 Å². The maximum Gasteiger partial charge on any atom is 0.136 e. The second kappa shape index (κ2) is 8.54. The van der Waals surface area contributed by atoms with Gasteiger partial charge in [0.25, 0.3) is 0 Å².